The molecule has 0 aliphatic rings. The summed E-state index contributed by atoms with van der Waals surface area (Å²) in [6, 6.07) is 0. The van der Waals surface area contributed by atoms with Crippen molar-refractivity contribution in [1.29, 1.82) is 0 Å². The molecule has 2 aromatic heterocycles. The molecule has 0 radical (unpaired) electrons. The van der Waals surface area contributed by atoms with Gasteiger partial charge in [0.15, 0.2) is 0 Å². The Hall–Kier alpha value is -1.30. The molecule has 5 nitrogen and oxygen atoms in total. The van der Waals surface area contributed by atoms with Gasteiger partial charge in [0.2, 0.25) is 5.65 Å². The number of nitrogens with zero attached hydrogens (tertiary/aromatic N) is 3. The summed E-state index contributed by atoms with van der Waals surface area (Å²) in [6.07, 6.45) is 3.30. The predicted molar refractivity (Wildman–Crippen MR) is 51.7 cm³/mol. The van der Waals surface area contributed by atoms with Gasteiger partial charge in [0.25, 0.3) is 5.88 Å². The Kier molecular flexibility index (Phi) is 1.84. The first-order valence-corrected chi connectivity index (χ1v) is 4.34. The molecule has 0 atom stereocenters. The fraction of sp³-hybridized carbons (Fsp3) is 0.143. The van der Waals surface area contributed by atoms with Crippen molar-refractivity contribution in [2.75, 3.05) is 12.8 Å². The molecule has 0 amide bonds. The average molecular weight is 243 g/mol. The van der Waals surface area contributed by atoms with Crippen LogP contribution in [0.3, 0.4) is 0 Å². The molecule has 2 aromatic rings. The van der Waals surface area contributed by atoms with Crippen LogP contribution in [0.2, 0.25) is 0 Å². The van der Waals surface area contributed by atoms with Crippen LogP contribution in [0.1, 0.15) is 0 Å². The maximum atomic E-state index is 5.66. The number of halogens is 1. The minimum Gasteiger partial charge on any atom is -0.478 e. The Labute approximate surface area is 82.7 Å². The molecule has 0 aliphatic heterocycles. The number of fused-ring (bicyclic) bond motifs is 1. The zero-order valence-corrected chi connectivity index (χ0v) is 8.45. The van der Waals surface area contributed by atoms with Gasteiger partial charge in [-0.05, 0) is 15.9 Å². The number of imidazole rings is 1. The summed E-state index contributed by atoms with van der Waals surface area (Å²) in [6.45, 7) is 0. The summed E-state index contributed by atoms with van der Waals surface area (Å²) in [4.78, 5) is 8.15. The molecule has 0 aromatic carbocycles. The molecule has 0 aliphatic carbocycles. The van der Waals surface area contributed by atoms with Gasteiger partial charge in [-0.1, -0.05) is 0 Å². The van der Waals surface area contributed by atoms with Gasteiger partial charge in [0.05, 0.1) is 13.3 Å². The second kappa shape index (κ2) is 2.88. The van der Waals surface area contributed by atoms with E-state index >= 15 is 0 Å². The Bertz CT molecular complexity index is 453. The summed E-state index contributed by atoms with van der Waals surface area (Å²) in [7, 11) is 1.54. The molecule has 13 heavy (non-hydrogen) atoms. The van der Waals surface area contributed by atoms with Crippen LogP contribution < -0.4 is 10.5 Å². The van der Waals surface area contributed by atoms with Gasteiger partial charge < -0.3 is 10.5 Å². The van der Waals surface area contributed by atoms with E-state index in [9.17, 15) is 0 Å². The third kappa shape index (κ3) is 1.23. The third-order valence-electron chi connectivity index (χ3n) is 1.65. The van der Waals surface area contributed by atoms with Gasteiger partial charge in [-0.15, -0.1) is 0 Å². The highest BCUT2D eigenvalue weighted by Gasteiger charge is 2.08. The molecule has 0 saturated heterocycles. The standard InChI is InChI=1S/C7H7BrN4O/c1-13-7-6-10-2-5(9)12(6)3-4(8)11-7/h2-3H,9H2,1H3. The number of nitrogen functional groups attached to an aromatic ring is 1. The van der Waals surface area contributed by atoms with Crippen LogP contribution >= 0.6 is 15.9 Å². The smallest absolute Gasteiger partial charge is 0.259 e. The number of hydrogen-bond donors (Lipinski definition) is 1. The van der Waals surface area contributed by atoms with Crippen molar-refractivity contribution in [3.63, 3.8) is 0 Å². The van der Waals surface area contributed by atoms with E-state index in [4.69, 9.17) is 10.5 Å². The Morgan fingerprint density at radius 1 is 1.62 bits per heavy atom. The van der Waals surface area contributed by atoms with Gasteiger partial charge >= 0.3 is 0 Å². The number of aromatic nitrogens is 3. The average Bonchev–Trinajstić information content (AvgIpc) is 2.47. The van der Waals surface area contributed by atoms with E-state index in [1.54, 1.807) is 23.9 Å². The van der Waals surface area contributed by atoms with Crippen molar-refractivity contribution in [2.45, 2.75) is 0 Å². The van der Waals surface area contributed by atoms with Crippen molar-refractivity contribution in [3.8, 4) is 5.88 Å². The normalized spacial score (nSPS) is 10.6. The first-order valence-electron chi connectivity index (χ1n) is 3.55. The molecular formula is C7H7BrN4O. The third-order valence-corrected chi connectivity index (χ3v) is 2.04. The highest BCUT2D eigenvalue weighted by atomic mass is 79.9. The number of nitrogens with two attached hydrogens (primary N) is 1. The van der Waals surface area contributed by atoms with E-state index in [1.165, 1.54) is 0 Å². The fourth-order valence-electron chi connectivity index (χ4n) is 1.09. The molecule has 0 spiro atoms. The quantitative estimate of drug-likeness (QED) is 0.813. The summed E-state index contributed by atoms with van der Waals surface area (Å²) in [5.74, 6) is 1.00. The van der Waals surface area contributed by atoms with E-state index in [2.05, 4.69) is 25.9 Å². The highest BCUT2D eigenvalue weighted by molar-refractivity contribution is 9.10. The van der Waals surface area contributed by atoms with Crippen molar-refractivity contribution < 1.29 is 4.74 Å². The fourth-order valence-corrected chi connectivity index (χ4v) is 1.45. The molecule has 0 saturated carbocycles. The van der Waals surface area contributed by atoms with E-state index in [0.717, 1.165) is 0 Å². The molecule has 2 rings (SSSR count). The Morgan fingerprint density at radius 3 is 3.08 bits per heavy atom. The van der Waals surface area contributed by atoms with Crippen LogP contribution in [0, 0.1) is 0 Å². The molecule has 0 bridgehead atoms. The zero-order valence-electron chi connectivity index (χ0n) is 6.86. The van der Waals surface area contributed by atoms with Crippen molar-refractivity contribution in [3.05, 3.63) is 17.0 Å². The van der Waals surface area contributed by atoms with Gasteiger partial charge in [0.1, 0.15) is 10.4 Å². The predicted octanol–water partition coefficient (Wildman–Crippen LogP) is 1.08. The van der Waals surface area contributed by atoms with Gasteiger partial charge in [-0.2, -0.15) is 0 Å². The van der Waals surface area contributed by atoms with Crippen LogP contribution in [0.4, 0.5) is 5.82 Å². The van der Waals surface area contributed by atoms with E-state index in [1.807, 2.05) is 0 Å². The lowest BCUT2D eigenvalue weighted by atomic mass is 10.6. The van der Waals surface area contributed by atoms with E-state index < -0.39 is 0 Å². The minimum atomic E-state index is 0.450. The van der Waals surface area contributed by atoms with Crippen LogP contribution in [0.25, 0.3) is 5.65 Å². The van der Waals surface area contributed by atoms with Crippen LogP contribution in [0.5, 0.6) is 5.88 Å². The first-order chi connectivity index (χ1) is 6.22. The van der Waals surface area contributed by atoms with Gasteiger partial charge in [0, 0.05) is 6.20 Å². The monoisotopic (exact) mass is 242 g/mol. The second-order valence-electron chi connectivity index (χ2n) is 2.45. The summed E-state index contributed by atoms with van der Waals surface area (Å²) in [5.41, 5.74) is 6.28. The van der Waals surface area contributed by atoms with Crippen molar-refractivity contribution in [2.24, 2.45) is 0 Å². The molecule has 68 valence electrons. The Balaban J connectivity index is 2.84. The van der Waals surface area contributed by atoms with E-state index in [-0.39, 0.29) is 0 Å². The number of hydrogen-bond acceptors (Lipinski definition) is 4. The first kappa shape index (κ1) is 8.31. The topological polar surface area (TPSA) is 65.4 Å². The molecule has 0 unspecified atom stereocenters. The number of methoxy groups -OCH3 is 1. The maximum absolute atomic E-state index is 5.66. The lowest BCUT2D eigenvalue weighted by Crippen LogP contribution is -1.97. The van der Waals surface area contributed by atoms with Crippen LogP contribution in [-0.4, -0.2) is 21.5 Å². The molecule has 2 heterocycles. The summed E-state index contributed by atoms with van der Waals surface area (Å²) in [5, 5.41) is 0. The van der Waals surface area contributed by atoms with Crippen LogP contribution in [0.15, 0.2) is 17.0 Å². The molecule has 6 heteroatoms. The number of rotatable bonds is 1. The minimum absolute atomic E-state index is 0.450. The number of anilines is 1. The largest absolute Gasteiger partial charge is 0.478 e. The molecular weight excluding hydrogens is 236 g/mol. The van der Waals surface area contributed by atoms with E-state index in [0.29, 0.717) is 21.9 Å². The summed E-state index contributed by atoms with van der Waals surface area (Å²) >= 11 is 3.25. The lowest BCUT2D eigenvalue weighted by molar-refractivity contribution is 0.399. The van der Waals surface area contributed by atoms with Crippen molar-refractivity contribution >= 4 is 27.4 Å². The Morgan fingerprint density at radius 2 is 2.38 bits per heavy atom. The molecule has 2 N–H and O–H groups in total. The molecule has 0 fully saturated rings. The number of ether oxygens (including phenoxy) is 1. The SMILES string of the molecule is COc1nc(Br)cn2c(N)cnc12. The van der Waals surface area contributed by atoms with Gasteiger partial charge in [-0.25, -0.2) is 9.97 Å². The van der Waals surface area contributed by atoms with Crippen LogP contribution in [-0.2, 0) is 0 Å². The summed E-state index contributed by atoms with van der Waals surface area (Å²) < 4.78 is 7.40. The lowest BCUT2D eigenvalue weighted by Gasteiger charge is -2.02. The van der Waals surface area contributed by atoms with Gasteiger partial charge in [-0.3, -0.25) is 4.40 Å². The second-order valence-corrected chi connectivity index (χ2v) is 3.26. The highest BCUT2D eigenvalue weighted by Crippen LogP contribution is 2.21. The zero-order chi connectivity index (χ0) is 9.42. The van der Waals surface area contributed by atoms with Crippen molar-refractivity contribution in [1.82, 2.24) is 14.4 Å². The maximum Gasteiger partial charge on any atom is 0.259 e.